The van der Waals surface area contributed by atoms with Crippen molar-refractivity contribution in [3.63, 3.8) is 0 Å². The third-order valence-electron chi connectivity index (χ3n) is 0.0722. The Morgan fingerprint density at radius 2 is 2.00 bits per heavy atom. The van der Waals surface area contributed by atoms with Gasteiger partial charge < -0.3 is 0 Å². The third kappa shape index (κ3) is 1.78. The van der Waals surface area contributed by atoms with Crippen LogP contribution in [0.5, 0.6) is 0 Å². The van der Waals surface area contributed by atoms with Gasteiger partial charge in [-0.2, -0.15) is 0 Å². The van der Waals surface area contributed by atoms with E-state index in [0.717, 1.165) is 0 Å². The van der Waals surface area contributed by atoms with Gasteiger partial charge in [-0.05, 0) is 12.6 Å². The van der Waals surface area contributed by atoms with E-state index in [-0.39, 0.29) is 0 Å². The summed E-state index contributed by atoms with van der Waals surface area (Å²) in [6.45, 7) is 3.14. The molecule has 0 aliphatic heterocycles. The summed E-state index contributed by atoms with van der Waals surface area (Å²) in [7, 11) is 0. The van der Waals surface area contributed by atoms with Crippen molar-refractivity contribution in [2.24, 2.45) is 0 Å². The molecule has 20 valence electrons. The van der Waals surface area contributed by atoms with Crippen LogP contribution in [-0.2, 0) is 0 Å². The molecule has 0 saturated heterocycles. The molecule has 0 nitrogen and oxygen atoms in total. The molecule has 0 aromatic rings. The van der Waals surface area contributed by atoms with Gasteiger partial charge in [-0.25, -0.2) is 0 Å². The Balaban J connectivity index is 2.83. The van der Waals surface area contributed by atoms with Crippen molar-refractivity contribution in [2.75, 3.05) is 0 Å². The molecule has 0 bridgehead atoms. The molecule has 0 unspecified atom stereocenters. The van der Waals surface area contributed by atoms with Gasteiger partial charge in [0.1, 0.15) is 0 Å². The number of hydrogen-bond donors (Lipinski definition) is 0. The van der Waals surface area contributed by atoms with Crippen LogP contribution in [0.2, 0.25) is 0 Å². The summed E-state index contributed by atoms with van der Waals surface area (Å²) in [6, 6.07) is 0. The van der Waals surface area contributed by atoms with E-state index in [0.29, 0.717) is 0 Å². The zero-order valence-corrected chi connectivity index (χ0v) is 2.93. The molecule has 0 N–H and O–H groups in total. The van der Waals surface area contributed by atoms with Gasteiger partial charge in [0.05, 0.1) is 0 Å². The molecule has 0 fully saturated rings. The Hall–Kier alpha value is -0.220. The summed E-state index contributed by atoms with van der Waals surface area (Å²) in [5.41, 5.74) is 0. The van der Waals surface area contributed by atoms with Crippen LogP contribution in [-0.4, -0.2) is 0 Å². The lowest BCUT2D eigenvalue weighted by Gasteiger charge is -1.36. The Morgan fingerprint density at radius 1 is 1.75 bits per heavy atom. The molecule has 0 aromatic carbocycles. The van der Waals surface area contributed by atoms with E-state index in [1.54, 1.807) is 0 Å². The topological polar surface area (TPSA) is 0 Å². The van der Waals surface area contributed by atoms with Crippen LogP contribution in [0.3, 0.4) is 0 Å². The first-order valence-corrected chi connectivity index (χ1v) is 1.22. The van der Waals surface area contributed by atoms with Crippen LogP contribution in [0.4, 0.5) is 0 Å². The van der Waals surface area contributed by atoms with Gasteiger partial charge >= 0.3 is 0 Å². The summed E-state index contributed by atoms with van der Waals surface area (Å²) in [6.07, 6.45) is 0. The van der Waals surface area contributed by atoms with Crippen LogP contribution in [0, 0.1) is 18.1 Å². The predicted molar refractivity (Wildman–Crippen MR) is 20.7 cm³/mol. The highest BCUT2D eigenvalue weighted by Gasteiger charge is 1.31. The molecular formula is C3H2S. The summed E-state index contributed by atoms with van der Waals surface area (Å²) >= 11 is 4.13. The Labute approximate surface area is 31.6 Å². The average Bonchev–Trinajstić information content (AvgIpc) is 1.37. The highest BCUT2D eigenvalue weighted by molar-refractivity contribution is 7.85. The second-order valence-electron chi connectivity index (χ2n) is 0.279. The highest BCUT2D eigenvalue weighted by Crippen LogP contribution is 1.53. The molecular weight excluding hydrogens is 68.1 g/mol. The summed E-state index contributed by atoms with van der Waals surface area (Å²) in [5.74, 6) is 2.25. The number of rotatable bonds is 0. The second kappa shape index (κ2) is 2.78. The van der Waals surface area contributed by atoms with Gasteiger partial charge in [0.2, 0.25) is 0 Å². The molecule has 2 radical (unpaired) electrons. The Bertz CT molecular complexity index is 40.0. The minimum Gasteiger partial charge on any atom is -0.0855 e. The fraction of sp³-hybridized carbons (Fsp3) is 0. The Kier molecular flexibility index (Phi) is 2.63. The van der Waals surface area contributed by atoms with Crippen molar-refractivity contribution in [3.8, 4) is 11.2 Å². The lowest BCUT2D eigenvalue weighted by Crippen LogP contribution is -1.23. The lowest BCUT2D eigenvalue weighted by atomic mass is 10.9. The van der Waals surface area contributed by atoms with Gasteiger partial charge in [-0.3, -0.25) is 0 Å². The monoisotopic (exact) mass is 70.0 g/mol. The van der Waals surface area contributed by atoms with E-state index in [1.165, 1.54) is 0 Å². The molecule has 0 rings (SSSR count). The largest absolute Gasteiger partial charge is 0.0855 e. The molecule has 0 spiro atoms. The normalized spacial score (nSPS) is 3.25. The third-order valence-corrected chi connectivity index (χ3v) is 0.217. The zero-order valence-electron chi connectivity index (χ0n) is 2.12. The van der Waals surface area contributed by atoms with E-state index in [1.807, 2.05) is 0 Å². The van der Waals surface area contributed by atoms with Gasteiger partial charge in [0.15, 0.2) is 0 Å². The molecule has 0 amide bonds. The zero-order chi connectivity index (χ0) is 3.41. The van der Waals surface area contributed by atoms with E-state index in [4.69, 9.17) is 0 Å². The van der Waals surface area contributed by atoms with Crippen molar-refractivity contribution in [1.82, 2.24) is 0 Å². The van der Waals surface area contributed by atoms with Gasteiger partial charge in [0.25, 0.3) is 0 Å². The van der Waals surface area contributed by atoms with Crippen molar-refractivity contribution in [1.29, 1.82) is 0 Å². The Morgan fingerprint density at radius 3 is 2.00 bits per heavy atom. The van der Waals surface area contributed by atoms with Crippen molar-refractivity contribution in [3.05, 3.63) is 6.92 Å². The van der Waals surface area contributed by atoms with Crippen molar-refractivity contribution < 1.29 is 0 Å². The SMILES string of the molecule is [CH2]C#C[S]. The molecule has 0 atom stereocenters. The first-order chi connectivity index (χ1) is 1.91. The van der Waals surface area contributed by atoms with Crippen molar-refractivity contribution in [2.45, 2.75) is 0 Å². The smallest absolute Gasteiger partial charge is 0.0211 e. The van der Waals surface area contributed by atoms with Gasteiger partial charge in [0, 0.05) is 12.2 Å². The van der Waals surface area contributed by atoms with Gasteiger partial charge in [-0.1, -0.05) is 5.92 Å². The van der Waals surface area contributed by atoms with Crippen LogP contribution < -0.4 is 0 Å². The second-order valence-corrected chi connectivity index (χ2v) is 0.483. The average molecular weight is 70.1 g/mol. The molecule has 0 saturated carbocycles. The highest BCUT2D eigenvalue weighted by atomic mass is 32.1. The first kappa shape index (κ1) is 3.78. The molecule has 4 heavy (non-hydrogen) atoms. The quantitative estimate of drug-likeness (QED) is 0.373. The maximum absolute atomic E-state index is 4.13. The van der Waals surface area contributed by atoms with Crippen molar-refractivity contribution >= 4 is 12.6 Å². The summed E-state index contributed by atoms with van der Waals surface area (Å²) < 4.78 is 0. The molecule has 0 heterocycles. The fourth-order valence-electron chi connectivity index (χ4n) is 0. The predicted octanol–water partition coefficient (Wildman–Crippen LogP) is 0.979. The standard InChI is InChI=1S/C3H2S/c1-2-3-4/h1H2. The lowest BCUT2D eigenvalue weighted by molar-refractivity contribution is 2.42. The van der Waals surface area contributed by atoms with Crippen LogP contribution in [0.1, 0.15) is 0 Å². The molecule has 1 heteroatoms. The van der Waals surface area contributed by atoms with E-state index < -0.39 is 0 Å². The first-order valence-electron chi connectivity index (χ1n) is 0.808. The maximum Gasteiger partial charge on any atom is 0.0211 e. The van der Waals surface area contributed by atoms with Gasteiger partial charge in [-0.15, -0.1) is 0 Å². The number of hydrogen-bond acceptors (Lipinski definition) is 0. The summed E-state index contributed by atoms with van der Waals surface area (Å²) in [4.78, 5) is 0. The fourth-order valence-corrected chi connectivity index (χ4v) is 0. The van der Waals surface area contributed by atoms with Crippen LogP contribution in [0.15, 0.2) is 0 Å². The summed E-state index contributed by atoms with van der Waals surface area (Å²) in [5, 5.41) is 2.15. The van der Waals surface area contributed by atoms with E-state index >= 15 is 0 Å². The molecule has 0 aliphatic carbocycles. The maximum atomic E-state index is 4.13. The van der Waals surface area contributed by atoms with Crippen LogP contribution >= 0.6 is 12.6 Å². The minimum absolute atomic E-state index is 2.15. The molecule has 0 aliphatic rings. The van der Waals surface area contributed by atoms with Crippen LogP contribution in [0.25, 0.3) is 0 Å². The molecule has 0 aromatic heterocycles. The minimum atomic E-state index is 2.15. The van der Waals surface area contributed by atoms with E-state index in [2.05, 4.69) is 30.7 Å². The van der Waals surface area contributed by atoms with E-state index in [9.17, 15) is 0 Å².